The summed E-state index contributed by atoms with van der Waals surface area (Å²) in [5.74, 6) is 0. The van der Waals surface area contributed by atoms with Gasteiger partial charge in [-0.1, -0.05) is 0 Å². The Morgan fingerprint density at radius 1 is 1.54 bits per heavy atom. The normalized spacial score (nSPS) is 8.46. The van der Waals surface area contributed by atoms with Gasteiger partial charge in [0.05, 0.1) is 0 Å². The molecule has 0 aliphatic carbocycles. The molecule has 0 aliphatic rings. The Bertz CT molecular complexity index is 321. The molecule has 5 nitrogen and oxygen atoms in total. The number of nitrogens with zero attached hydrogens (tertiary/aromatic N) is 1. The number of aromatic nitrogens is 2. The van der Waals surface area contributed by atoms with Crippen LogP contribution in [0.5, 0.6) is 0 Å². The van der Waals surface area contributed by atoms with E-state index in [0.29, 0.717) is 4.77 Å². The van der Waals surface area contributed by atoms with Crippen molar-refractivity contribution in [2.24, 2.45) is 0 Å². The van der Waals surface area contributed by atoms with E-state index in [1.807, 2.05) is 19.9 Å². The van der Waals surface area contributed by atoms with Gasteiger partial charge in [0, 0.05) is 11.4 Å². The summed E-state index contributed by atoms with van der Waals surface area (Å²) in [6, 6.07) is 1.95. The topological polar surface area (TPSA) is 86.2 Å². The van der Waals surface area contributed by atoms with Gasteiger partial charge in [-0.05, 0) is 32.1 Å². The SMILES string of the molecule is Cc1cc(C)[nH]c(=S)n1.O=C(O)O. The van der Waals surface area contributed by atoms with Crippen LogP contribution in [0.25, 0.3) is 0 Å². The van der Waals surface area contributed by atoms with Crippen LogP contribution in [0.2, 0.25) is 0 Å². The molecular weight excluding hydrogens is 192 g/mol. The summed E-state index contributed by atoms with van der Waals surface area (Å²) in [6.45, 7) is 3.89. The minimum atomic E-state index is -1.83. The van der Waals surface area contributed by atoms with Gasteiger partial charge in [-0.2, -0.15) is 0 Å². The van der Waals surface area contributed by atoms with E-state index in [1.165, 1.54) is 0 Å². The first-order chi connectivity index (χ1) is 5.91. The number of carbonyl (C=O) groups is 1. The highest BCUT2D eigenvalue weighted by Crippen LogP contribution is 1.93. The van der Waals surface area contributed by atoms with Gasteiger partial charge in [-0.15, -0.1) is 0 Å². The van der Waals surface area contributed by atoms with Gasteiger partial charge < -0.3 is 15.2 Å². The van der Waals surface area contributed by atoms with E-state index in [0.717, 1.165) is 11.4 Å². The van der Waals surface area contributed by atoms with Crippen molar-refractivity contribution in [2.75, 3.05) is 0 Å². The van der Waals surface area contributed by atoms with Crippen molar-refractivity contribution in [3.8, 4) is 0 Å². The van der Waals surface area contributed by atoms with E-state index >= 15 is 0 Å². The minimum absolute atomic E-state index is 0.563. The van der Waals surface area contributed by atoms with Crippen molar-refractivity contribution in [1.82, 2.24) is 9.97 Å². The van der Waals surface area contributed by atoms with Crippen molar-refractivity contribution < 1.29 is 15.0 Å². The number of H-pyrrole nitrogens is 1. The van der Waals surface area contributed by atoms with Gasteiger partial charge in [-0.3, -0.25) is 0 Å². The zero-order chi connectivity index (χ0) is 10.4. The fourth-order valence-electron chi connectivity index (χ4n) is 0.738. The van der Waals surface area contributed by atoms with Gasteiger partial charge in [0.2, 0.25) is 0 Å². The number of rotatable bonds is 0. The Hall–Kier alpha value is -1.43. The molecule has 0 bridgehead atoms. The molecule has 0 spiro atoms. The van der Waals surface area contributed by atoms with Crippen LogP contribution in [0, 0.1) is 18.6 Å². The average Bonchev–Trinajstić information content (AvgIpc) is 1.80. The molecule has 1 aromatic rings. The van der Waals surface area contributed by atoms with Crippen molar-refractivity contribution in [3.63, 3.8) is 0 Å². The maximum Gasteiger partial charge on any atom is 0.503 e. The lowest BCUT2D eigenvalue weighted by atomic mass is 10.4. The van der Waals surface area contributed by atoms with Crippen LogP contribution < -0.4 is 0 Å². The monoisotopic (exact) mass is 202 g/mol. The molecule has 1 rings (SSSR count). The summed E-state index contributed by atoms with van der Waals surface area (Å²) in [6.07, 6.45) is -1.83. The lowest BCUT2D eigenvalue weighted by Crippen LogP contribution is -1.87. The first-order valence-electron chi connectivity index (χ1n) is 3.38. The first kappa shape index (κ1) is 11.6. The predicted octanol–water partition coefficient (Wildman–Crippen LogP) is 1.98. The molecule has 0 fully saturated rings. The summed E-state index contributed by atoms with van der Waals surface area (Å²) >= 11 is 4.82. The molecule has 6 heteroatoms. The van der Waals surface area contributed by atoms with E-state index in [9.17, 15) is 0 Å². The van der Waals surface area contributed by atoms with Crippen LogP contribution in [0.1, 0.15) is 11.4 Å². The Morgan fingerprint density at radius 2 is 2.00 bits per heavy atom. The molecule has 0 saturated carbocycles. The second-order valence-electron chi connectivity index (χ2n) is 2.29. The number of nitrogens with one attached hydrogen (secondary N) is 1. The third-order valence-electron chi connectivity index (χ3n) is 1.01. The highest BCUT2D eigenvalue weighted by atomic mass is 32.1. The maximum absolute atomic E-state index is 8.56. The zero-order valence-corrected chi connectivity index (χ0v) is 8.05. The number of aryl methyl sites for hydroxylation is 2. The van der Waals surface area contributed by atoms with Crippen molar-refractivity contribution in [3.05, 3.63) is 22.2 Å². The number of carboxylic acid groups (broad SMARTS) is 2. The number of hydrogen-bond acceptors (Lipinski definition) is 3. The van der Waals surface area contributed by atoms with E-state index < -0.39 is 6.16 Å². The van der Waals surface area contributed by atoms with E-state index in [-0.39, 0.29) is 0 Å². The number of hydrogen-bond donors (Lipinski definition) is 3. The molecule has 0 saturated heterocycles. The van der Waals surface area contributed by atoms with E-state index in [2.05, 4.69) is 9.97 Å². The molecular formula is C7H10N2O3S. The second kappa shape index (κ2) is 5.26. The smallest absolute Gasteiger partial charge is 0.450 e. The van der Waals surface area contributed by atoms with Crippen LogP contribution >= 0.6 is 12.2 Å². The fourth-order valence-corrected chi connectivity index (χ4v) is 1.04. The van der Waals surface area contributed by atoms with Crippen LogP contribution in [0.3, 0.4) is 0 Å². The Balaban J connectivity index is 0.000000310. The summed E-state index contributed by atoms with van der Waals surface area (Å²) < 4.78 is 0.563. The standard InChI is InChI=1S/C6H8N2S.CH2O3/c1-4-3-5(2)8-6(9)7-4;2-1(3)4/h3H,1-2H3,(H,7,8,9);(H2,2,3,4). The predicted molar refractivity (Wildman–Crippen MR) is 49.5 cm³/mol. The van der Waals surface area contributed by atoms with E-state index in [1.54, 1.807) is 0 Å². The second-order valence-corrected chi connectivity index (χ2v) is 2.68. The molecule has 1 aromatic heterocycles. The van der Waals surface area contributed by atoms with Crippen LogP contribution in [0.15, 0.2) is 6.07 Å². The molecule has 0 aliphatic heterocycles. The quantitative estimate of drug-likeness (QED) is 0.560. The van der Waals surface area contributed by atoms with Crippen molar-refractivity contribution in [2.45, 2.75) is 13.8 Å². The molecule has 0 amide bonds. The summed E-state index contributed by atoms with van der Waals surface area (Å²) in [7, 11) is 0. The fraction of sp³-hybridized carbons (Fsp3) is 0.286. The third kappa shape index (κ3) is 6.95. The zero-order valence-electron chi connectivity index (χ0n) is 7.24. The minimum Gasteiger partial charge on any atom is -0.450 e. The maximum atomic E-state index is 8.56. The molecule has 13 heavy (non-hydrogen) atoms. The van der Waals surface area contributed by atoms with Gasteiger partial charge in [0.1, 0.15) is 0 Å². The summed E-state index contributed by atoms with van der Waals surface area (Å²) in [4.78, 5) is 15.5. The Morgan fingerprint density at radius 3 is 2.31 bits per heavy atom. The largest absolute Gasteiger partial charge is 0.503 e. The summed E-state index contributed by atoms with van der Waals surface area (Å²) in [5, 5.41) is 13.9. The third-order valence-corrected chi connectivity index (χ3v) is 1.20. The highest BCUT2D eigenvalue weighted by Gasteiger charge is 1.85. The average molecular weight is 202 g/mol. The Kier molecular flexibility index (Phi) is 4.68. The Labute approximate surface area is 80.1 Å². The molecule has 0 unspecified atom stereocenters. The molecule has 0 aromatic carbocycles. The molecule has 0 radical (unpaired) electrons. The lowest BCUT2D eigenvalue weighted by molar-refractivity contribution is 0.137. The molecule has 72 valence electrons. The van der Waals surface area contributed by atoms with Crippen LogP contribution in [-0.4, -0.2) is 26.3 Å². The first-order valence-corrected chi connectivity index (χ1v) is 3.79. The number of aromatic amines is 1. The van der Waals surface area contributed by atoms with Gasteiger partial charge in [-0.25, -0.2) is 9.78 Å². The van der Waals surface area contributed by atoms with Crippen LogP contribution in [-0.2, 0) is 0 Å². The molecule has 0 atom stereocenters. The van der Waals surface area contributed by atoms with Gasteiger partial charge >= 0.3 is 6.16 Å². The van der Waals surface area contributed by atoms with E-state index in [4.69, 9.17) is 27.2 Å². The van der Waals surface area contributed by atoms with Gasteiger partial charge in [0.15, 0.2) is 4.77 Å². The molecule has 3 N–H and O–H groups in total. The highest BCUT2D eigenvalue weighted by molar-refractivity contribution is 7.71. The van der Waals surface area contributed by atoms with Gasteiger partial charge in [0.25, 0.3) is 0 Å². The lowest BCUT2D eigenvalue weighted by Gasteiger charge is -1.92. The van der Waals surface area contributed by atoms with Crippen molar-refractivity contribution >= 4 is 18.4 Å². The summed E-state index contributed by atoms with van der Waals surface area (Å²) in [5.41, 5.74) is 2.03. The van der Waals surface area contributed by atoms with Crippen molar-refractivity contribution in [1.29, 1.82) is 0 Å². The molecule has 1 heterocycles. The van der Waals surface area contributed by atoms with Crippen LogP contribution in [0.4, 0.5) is 4.79 Å².